The lowest BCUT2D eigenvalue weighted by atomic mass is 10.2. The Morgan fingerprint density at radius 3 is 2.70 bits per heavy atom. The zero-order valence-electron chi connectivity index (χ0n) is 13.7. The van der Waals surface area contributed by atoms with Crippen molar-refractivity contribution in [3.8, 4) is 11.6 Å². The first-order valence-electron chi connectivity index (χ1n) is 7.67. The molecule has 0 unspecified atom stereocenters. The lowest BCUT2D eigenvalue weighted by molar-refractivity contribution is 0.0952. The Morgan fingerprint density at radius 1 is 1.22 bits per heavy atom. The quantitative estimate of drug-likeness (QED) is 0.376. The first-order valence-corrected chi connectivity index (χ1v) is 7.67. The Kier molecular flexibility index (Phi) is 4.88. The molecule has 2 aromatic heterocycles. The molecule has 1 aromatic carbocycles. The van der Waals surface area contributed by atoms with E-state index >= 15 is 0 Å². The number of rotatable bonds is 5. The maximum Gasteiger partial charge on any atom is 0.331 e. The van der Waals surface area contributed by atoms with Crippen LogP contribution in [0.5, 0.6) is 11.6 Å². The fraction of sp³-hybridized carbons (Fsp3) is 0.0588. The molecule has 0 bridgehead atoms. The van der Waals surface area contributed by atoms with Gasteiger partial charge in [-0.25, -0.2) is 10.2 Å². The number of aromatic hydroxyl groups is 2. The zero-order valence-corrected chi connectivity index (χ0v) is 13.7. The van der Waals surface area contributed by atoms with Gasteiger partial charge in [0.25, 0.3) is 11.5 Å². The Balaban J connectivity index is 1.85. The van der Waals surface area contributed by atoms with Crippen molar-refractivity contribution in [3.63, 3.8) is 0 Å². The summed E-state index contributed by atoms with van der Waals surface area (Å²) in [5.74, 6) is -1.21. The summed E-state index contributed by atoms with van der Waals surface area (Å²) < 4.78 is 5.99. The van der Waals surface area contributed by atoms with E-state index in [0.29, 0.717) is 5.76 Å². The van der Waals surface area contributed by atoms with E-state index in [0.717, 1.165) is 10.8 Å². The molecule has 10 heteroatoms. The minimum atomic E-state index is -0.881. The lowest BCUT2D eigenvalue weighted by Crippen LogP contribution is -2.32. The van der Waals surface area contributed by atoms with Gasteiger partial charge in [-0.05, 0) is 24.3 Å². The summed E-state index contributed by atoms with van der Waals surface area (Å²) in [6, 6.07) is 9.03. The molecule has 3 aromatic rings. The third-order valence-electron chi connectivity index (χ3n) is 3.61. The second kappa shape index (κ2) is 7.44. The highest BCUT2D eigenvalue weighted by Gasteiger charge is 2.14. The molecule has 0 aliphatic rings. The minimum absolute atomic E-state index is 0.0180. The molecule has 0 spiro atoms. The molecular weight excluding hydrogens is 356 g/mol. The van der Waals surface area contributed by atoms with Crippen LogP contribution >= 0.6 is 0 Å². The van der Waals surface area contributed by atoms with Crippen LogP contribution in [0.15, 0.2) is 61.8 Å². The average Bonchev–Trinajstić information content (AvgIpc) is 3.15. The topological polar surface area (TPSA) is 150 Å². The molecule has 138 valence electrons. The van der Waals surface area contributed by atoms with Crippen LogP contribution in [-0.4, -0.2) is 31.9 Å². The number of carbonyl (C=O) groups is 1. The summed E-state index contributed by atoms with van der Waals surface area (Å²) in [4.78, 5) is 37.8. The van der Waals surface area contributed by atoms with E-state index in [1.165, 1.54) is 18.4 Å². The molecule has 0 atom stereocenters. The fourth-order valence-electron chi connectivity index (χ4n) is 2.28. The van der Waals surface area contributed by atoms with Gasteiger partial charge in [0.1, 0.15) is 17.1 Å². The molecule has 3 rings (SSSR count). The van der Waals surface area contributed by atoms with Gasteiger partial charge < -0.3 is 14.6 Å². The number of nitrogens with zero attached hydrogens (tertiary/aromatic N) is 2. The van der Waals surface area contributed by atoms with Gasteiger partial charge in [0.15, 0.2) is 0 Å². The van der Waals surface area contributed by atoms with Crippen molar-refractivity contribution in [1.29, 1.82) is 0 Å². The lowest BCUT2D eigenvalue weighted by Gasteiger charge is -2.08. The first kappa shape index (κ1) is 17.7. The van der Waals surface area contributed by atoms with Gasteiger partial charge in [-0.1, -0.05) is 12.1 Å². The predicted molar refractivity (Wildman–Crippen MR) is 94.0 cm³/mol. The third-order valence-corrected chi connectivity index (χ3v) is 3.61. The van der Waals surface area contributed by atoms with Gasteiger partial charge in [0, 0.05) is 0 Å². The number of hydrogen-bond donors (Lipinski definition) is 4. The molecule has 0 saturated carbocycles. The van der Waals surface area contributed by atoms with Crippen molar-refractivity contribution in [2.75, 3.05) is 0 Å². The monoisotopic (exact) mass is 370 g/mol. The number of H-pyrrole nitrogens is 1. The van der Waals surface area contributed by atoms with Crippen molar-refractivity contribution >= 4 is 12.1 Å². The summed E-state index contributed by atoms with van der Waals surface area (Å²) in [6.45, 7) is -0.112. The number of nitrogens with one attached hydrogen (secondary N) is 2. The Morgan fingerprint density at radius 2 is 2.00 bits per heavy atom. The van der Waals surface area contributed by atoms with E-state index in [1.54, 1.807) is 24.3 Å². The highest BCUT2D eigenvalue weighted by atomic mass is 16.3. The predicted octanol–water partition coefficient (Wildman–Crippen LogP) is 0.353. The maximum atomic E-state index is 12.0. The standard InChI is InChI=1S/C17H14N4O6/c22-13-6-2-1-5-11(13)15(24)20-18-8-12-14(23)19-17(26)21(16(12)25)9-10-4-3-7-27-10/h1-8,22,25H,9H2,(H,20,24)(H,19,23,26). The SMILES string of the molecule is O=C(NN=Cc1c(O)n(Cc2ccco2)c(=O)[nH]c1=O)c1ccccc1O. The molecule has 27 heavy (non-hydrogen) atoms. The van der Waals surface area contributed by atoms with Crippen molar-refractivity contribution < 1.29 is 19.4 Å². The number of para-hydroxylation sites is 1. The van der Waals surface area contributed by atoms with Crippen molar-refractivity contribution in [2.45, 2.75) is 6.54 Å². The fourth-order valence-corrected chi connectivity index (χ4v) is 2.28. The molecule has 0 fully saturated rings. The molecule has 0 aliphatic heterocycles. The molecule has 0 saturated heterocycles. The Bertz CT molecular complexity index is 1110. The van der Waals surface area contributed by atoms with Crippen LogP contribution < -0.4 is 16.7 Å². The molecule has 0 radical (unpaired) electrons. The number of aromatic nitrogens is 2. The molecule has 4 N–H and O–H groups in total. The molecule has 10 nitrogen and oxygen atoms in total. The van der Waals surface area contributed by atoms with E-state index in [1.807, 2.05) is 4.98 Å². The van der Waals surface area contributed by atoms with E-state index in [9.17, 15) is 24.6 Å². The van der Waals surface area contributed by atoms with Gasteiger partial charge in [-0.2, -0.15) is 5.10 Å². The molecule has 0 aliphatic carbocycles. The van der Waals surface area contributed by atoms with Crippen LogP contribution in [0.1, 0.15) is 21.7 Å². The van der Waals surface area contributed by atoms with Gasteiger partial charge in [0.05, 0.1) is 24.6 Å². The minimum Gasteiger partial charge on any atom is -0.507 e. The van der Waals surface area contributed by atoms with E-state index in [-0.39, 0.29) is 23.4 Å². The maximum absolute atomic E-state index is 12.0. The Hall–Kier alpha value is -4.08. The van der Waals surface area contributed by atoms with Crippen molar-refractivity contribution in [1.82, 2.24) is 15.0 Å². The second-order valence-corrected chi connectivity index (χ2v) is 5.38. The summed E-state index contributed by atoms with van der Waals surface area (Å²) >= 11 is 0. The van der Waals surface area contributed by atoms with Crippen LogP contribution in [0.25, 0.3) is 0 Å². The molecule has 1 amide bonds. The van der Waals surface area contributed by atoms with Crippen molar-refractivity contribution in [3.05, 3.63) is 80.4 Å². The number of aromatic amines is 1. The first-order chi connectivity index (χ1) is 13.0. The summed E-state index contributed by atoms with van der Waals surface area (Å²) in [5, 5.41) is 23.4. The molecule has 2 heterocycles. The number of furan rings is 1. The van der Waals surface area contributed by atoms with E-state index < -0.39 is 23.0 Å². The zero-order chi connectivity index (χ0) is 19.4. The average molecular weight is 370 g/mol. The second-order valence-electron chi connectivity index (χ2n) is 5.38. The Labute approximate surface area is 151 Å². The van der Waals surface area contributed by atoms with E-state index in [4.69, 9.17) is 4.42 Å². The van der Waals surface area contributed by atoms with Crippen LogP contribution in [0.4, 0.5) is 0 Å². The number of hydrogen-bond acceptors (Lipinski definition) is 7. The van der Waals surface area contributed by atoms with Gasteiger partial charge in [-0.3, -0.25) is 19.1 Å². The number of amides is 1. The van der Waals surface area contributed by atoms with Crippen LogP contribution in [-0.2, 0) is 6.54 Å². The smallest absolute Gasteiger partial charge is 0.331 e. The normalized spacial score (nSPS) is 11.0. The number of phenolic OH excluding ortho intramolecular Hbond substituents is 1. The largest absolute Gasteiger partial charge is 0.507 e. The highest BCUT2D eigenvalue weighted by Crippen LogP contribution is 2.15. The number of carbonyl (C=O) groups excluding carboxylic acids is 1. The third kappa shape index (κ3) is 3.79. The number of phenols is 1. The van der Waals surface area contributed by atoms with Crippen LogP contribution in [0, 0.1) is 0 Å². The van der Waals surface area contributed by atoms with E-state index in [2.05, 4.69) is 10.5 Å². The summed E-state index contributed by atoms with van der Waals surface area (Å²) in [7, 11) is 0. The number of benzene rings is 1. The van der Waals surface area contributed by atoms with Gasteiger partial charge in [0.2, 0.25) is 5.88 Å². The summed E-state index contributed by atoms with van der Waals surface area (Å²) in [6.07, 6.45) is 2.30. The molecular formula is C17H14N4O6. The number of hydrazone groups is 1. The van der Waals surface area contributed by atoms with Crippen molar-refractivity contribution in [2.24, 2.45) is 5.10 Å². The van der Waals surface area contributed by atoms with Crippen LogP contribution in [0.2, 0.25) is 0 Å². The summed E-state index contributed by atoms with van der Waals surface area (Å²) in [5.41, 5.74) is 0.0604. The van der Waals surface area contributed by atoms with Crippen LogP contribution in [0.3, 0.4) is 0 Å². The van der Waals surface area contributed by atoms with Gasteiger partial charge in [-0.15, -0.1) is 0 Å². The highest BCUT2D eigenvalue weighted by molar-refractivity contribution is 5.97. The van der Waals surface area contributed by atoms with Gasteiger partial charge >= 0.3 is 5.69 Å².